The molecule has 0 bridgehead atoms. The summed E-state index contributed by atoms with van der Waals surface area (Å²) in [5.74, 6) is -0.155. The molecule has 0 aliphatic heterocycles. The van der Waals surface area contributed by atoms with Gasteiger partial charge in [-0.25, -0.2) is 0 Å². The number of nitrogens with one attached hydrogen (secondary N) is 3. The maximum absolute atomic E-state index is 12.1. The number of aromatic amines is 2. The zero-order valence-electron chi connectivity index (χ0n) is 14.1. The van der Waals surface area contributed by atoms with E-state index in [0.717, 1.165) is 5.56 Å². The molecule has 0 unspecified atom stereocenters. The van der Waals surface area contributed by atoms with E-state index >= 15 is 0 Å². The number of rotatable bonds is 6. The highest BCUT2D eigenvalue weighted by Crippen LogP contribution is 2.18. The molecule has 0 saturated heterocycles. The number of carbonyl (C=O) groups excluding carboxylic acids is 1. The number of hydrogen-bond donors (Lipinski definition) is 3. The van der Waals surface area contributed by atoms with Gasteiger partial charge in [-0.15, -0.1) is 0 Å². The first-order valence-corrected chi connectivity index (χ1v) is 7.64. The van der Waals surface area contributed by atoms with Crippen molar-refractivity contribution in [3.8, 4) is 0 Å². The predicted octanol–water partition coefficient (Wildman–Crippen LogP) is 1.28. The van der Waals surface area contributed by atoms with Gasteiger partial charge in [0.1, 0.15) is 0 Å². The van der Waals surface area contributed by atoms with Crippen LogP contribution in [0.25, 0.3) is 0 Å². The fourth-order valence-electron chi connectivity index (χ4n) is 2.59. The van der Waals surface area contributed by atoms with Gasteiger partial charge in [-0.3, -0.25) is 14.7 Å². The molecule has 6 heteroatoms. The van der Waals surface area contributed by atoms with Crippen LogP contribution in [0.5, 0.6) is 0 Å². The molecular weight excluding hydrogens is 292 g/mol. The van der Waals surface area contributed by atoms with E-state index in [1.54, 1.807) is 6.92 Å². The standard InChI is InChI=1S/C17H24N4O2/c1-11-6-5-7-13(8-11)15(21(3)4)10-18-16(22)9-14-12(2)19-20-17(14)23/h5-8,15H,9-10H2,1-4H3,(H,18,22)(H2,19,20,23)/t15-/m1/s1. The molecule has 0 spiro atoms. The number of nitrogens with zero attached hydrogens (tertiary/aromatic N) is 1. The van der Waals surface area contributed by atoms with Crippen LogP contribution >= 0.6 is 0 Å². The van der Waals surface area contributed by atoms with Crippen molar-refractivity contribution in [2.24, 2.45) is 0 Å². The third-order valence-corrected chi connectivity index (χ3v) is 3.97. The molecule has 1 aromatic heterocycles. The van der Waals surface area contributed by atoms with Gasteiger partial charge in [0.05, 0.1) is 12.5 Å². The third-order valence-electron chi connectivity index (χ3n) is 3.97. The van der Waals surface area contributed by atoms with Crippen molar-refractivity contribution in [3.63, 3.8) is 0 Å². The fraction of sp³-hybridized carbons (Fsp3) is 0.412. The Balaban J connectivity index is 2.02. The zero-order chi connectivity index (χ0) is 17.0. The monoisotopic (exact) mass is 316 g/mol. The van der Waals surface area contributed by atoms with Crippen LogP contribution in [0.15, 0.2) is 29.1 Å². The van der Waals surface area contributed by atoms with Crippen LogP contribution in [-0.4, -0.2) is 41.6 Å². The molecule has 124 valence electrons. The third kappa shape index (κ3) is 4.32. The van der Waals surface area contributed by atoms with Gasteiger partial charge in [0, 0.05) is 17.8 Å². The van der Waals surface area contributed by atoms with E-state index in [9.17, 15) is 9.59 Å². The molecule has 6 nitrogen and oxygen atoms in total. The molecule has 0 saturated carbocycles. The van der Waals surface area contributed by atoms with Gasteiger partial charge in [-0.1, -0.05) is 29.8 Å². The Morgan fingerprint density at radius 1 is 1.26 bits per heavy atom. The molecule has 1 amide bonds. The lowest BCUT2D eigenvalue weighted by atomic mass is 10.0. The topological polar surface area (TPSA) is 81.0 Å². The molecule has 2 aromatic rings. The average Bonchev–Trinajstić information content (AvgIpc) is 2.79. The first-order valence-electron chi connectivity index (χ1n) is 7.64. The van der Waals surface area contributed by atoms with E-state index in [1.807, 2.05) is 20.2 Å². The number of carbonyl (C=O) groups is 1. The minimum Gasteiger partial charge on any atom is -0.354 e. The Hall–Kier alpha value is -2.34. The molecule has 23 heavy (non-hydrogen) atoms. The lowest BCUT2D eigenvalue weighted by molar-refractivity contribution is -0.120. The predicted molar refractivity (Wildman–Crippen MR) is 90.5 cm³/mol. The highest BCUT2D eigenvalue weighted by Gasteiger charge is 2.17. The van der Waals surface area contributed by atoms with Crippen LogP contribution in [0, 0.1) is 13.8 Å². The van der Waals surface area contributed by atoms with Crippen LogP contribution in [0.3, 0.4) is 0 Å². The summed E-state index contributed by atoms with van der Waals surface area (Å²) in [4.78, 5) is 25.8. The van der Waals surface area contributed by atoms with Gasteiger partial charge in [0.2, 0.25) is 5.91 Å². The summed E-state index contributed by atoms with van der Waals surface area (Å²) in [7, 11) is 3.97. The number of amides is 1. The number of benzene rings is 1. The first-order chi connectivity index (χ1) is 10.9. The Morgan fingerprint density at radius 2 is 2.00 bits per heavy atom. The van der Waals surface area contributed by atoms with Crippen molar-refractivity contribution >= 4 is 5.91 Å². The van der Waals surface area contributed by atoms with Crippen LogP contribution < -0.4 is 10.9 Å². The lowest BCUT2D eigenvalue weighted by Crippen LogP contribution is -2.35. The average molecular weight is 316 g/mol. The van der Waals surface area contributed by atoms with Gasteiger partial charge in [-0.05, 0) is 33.5 Å². The molecular formula is C17H24N4O2. The minimum absolute atomic E-state index is 0.0820. The van der Waals surface area contributed by atoms with Gasteiger partial charge in [0.25, 0.3) is 5.56 Å². The highest BCUT2D eigenvalue weighted by atomic mass is 16.2. The van der Waals surface area contributed by atoms with Crippen molar-refractivity contribution in [3.05, 3.63) is 57.0 Å². The summed E-state index contributed by atoms with van der Waals surface area (Å²) in [6.07, 6.45) is 0.0820. The molecule has 0 fully saturated rings. The van der Waals surface area contributed by atoms with Crippen molar-refractivity contribution in [2.75, 3.05) is 20.6 Å². The second kappa shape index (κ2) is 7.28. The largest absolute Gasteiger partial charge is 0.354 e. The summed E-state index contributed by atoms with van der Waals surface area (Å²) in [5.41, 5.74) is 3.30. The van der Waals surface area contributed by atoms with Crippen LogP contribution in [0.2, 0.25) is 0 Å². The van der Waals surface area contributed by atoms with Crippen molar-refractivity contribution in [1.29, 1.82) is 0 Å². The van der Waals surface area contributed by atoms with E-state index in [-0.39, 0.29) is 23.9 Å². The maximum Gasteiger partial charge on any atom is 0.267 e. The summed E-state index contributed by atoms with van der Waals surface area (Å²) >= 11 is 0. The number of likely N-dealkylation sites (N-methyl/N-ethyl adjacent to an activating group) is 1. The molecule has 1 heterocycles. The number of aryl methyl sites for hydroxylation is 2. The number of H-pyrrole nitrogens is 2. The molecule has 1 aromatic carbocycles. The van der Waals surface area contributed by atoms with Crippen LogP contribution in [-0.2, 0) is 11.2 Å². The van der Waals surface area contributed by atoms with Crippen molar-refractivity contribution in [2.45, 2.75) is 26.3 Å². The smallest absolute Gasteiger partial charge is 0.267 e. The second-order valence-electron chi connectivity index (χ2n) is 6.06. The number of hydrogen-bond acceptors (Lipinski definition) is 3. The molecule has 0 aliphatic carbocycles. The molecule has 0 aliphatic rings. The molecule has 1 atom stereocenters. The van der Waals surface area contributed by atoms with Gasteiger partial charge < -0.3 is 15.3 Å². The highest BCUT2D eigenvalue weighted by molar-refractivity contribution is 5.78. The van der Waals surface area contributed by atoms with Gasteiger partial charge in [-0.2, -0.15) is 0 Å². The van der Waals surface area contributed by atoms with Gasteiger partial charge >= 0.3 is 0 Å². The number of aromatic nitrogens is 2. The zero-order valence-corrected chi connectivity index (χ0v) is 14.1. The summed E-state index contributed by atoms with van der Waals surface area (Å²) < 4.78 is 0. The van der Waals surface area contributed by atoms with E-state index in [2.05, 4.69) is 45.5 Å². The normalized spacial score (nSPS) is 12.4. The fourth-order valence-corrected chi connectivity index (χ4v) is 2.59. The van der Waals surface area contributed by atoms with Gasteiger partial charge in [0.15, 0.2) is 0 Å². The Bertz CT molecular complexity index is 730. The molecule has 0 radical (unpaired) electrons. The molecule has 3 N–H and O–H groups in total. The summed E-state index contributed by atoms with van der Waals surface area (Å²) in [6.45, 7) is 4.32. The Morgan fingerprint density at radius 3 is 2.57 bits per heavy atom. The summed E-state index contributed by atoms with van der Waals surface area (Å²) in [5, 5.41) is 8.15. The van der Waals surface area contributed by atoms with E-state index < -0.39 is 0 Å². The summed E-state index contributed by atoms with van der Waals surface area (Å²) in [6, 6.07) is 8.34. The van der Waals surface area contributed by atoms with E-state index in [4.69, 9.17) is 0 Å². The van der Waals surface area contributed by atoms with E-state index in [0.29, 0.717) is 17.8 Å². The van der Waals surface area contributed by atoms with Crippen molar-refractivity contribution in [1.82, 2.24) is 20.4 Å². The quantitative estimate of drug-likeness (QED) is 0.751. The van der Waals surface area contributed by atoms with Crippen molar-refractivity contribution < 1.29 is 4.79 Å². The first kappa shape index (κ1) is 17.0. The van der Waals surface area contributed by atoms with Crippen LogP contribution in [0.4, 0.5) is 0 Å². The Labute approximate surface area is 135 Å². The second-order valence-corrected chi connectivity index (χ2v) is 6.06. The van der Waals surface area contributed by atoms with Crippen LogP contribution in [0.1, 0.15) is 28.4 Å². The maximum atomic E-state index is 12.1. The minimum atomic E-state index is -0.236. The molecule has 2 rings (SSSR count). The lowest BCUT2D eigenvalue weighted by Gasteiger charge is -2.25. The Kier molecular flexibility index (Phi) is 5.39. The SMILES string of the molecule is Cc1cccc([C@@H](CNC(=O)Cc2c(C)[nH][nH]c2=O)N(C)C)c1. The van der Waals surface area contributed by atoms with E-state index in [1.165, 1.54) is 5.56 Å².